The second-order valence-corrected chi connectivity index (χ2v) is 7.87. The van der Waals surface area contributed by atoms with E-state index in [9.17, 15) is 24.3 Å². The van der Waals surface area contributed by atoms with Crippen LogP contribution < -0.4 is 10.6 Å². The van der Waals surface area contributed by atoms with Gasteiger partial charge >= 0.3 is 5.97 Å². The van der Waals surface area contributed by atoms with Gasteiger partial charge in [0.25, 0.3) is 5.91 Å². The number of nitrogens with zero attached hydrogens (tertiary/aromatic N) is 2. The van der Waals surface area contributed by atoms with E-state index in [1.165, 1.54) is 32.0 Å². The van der Waals surface area contributed by atoms with E-state index in [4.69, 9.17) is 9.78 Å². The molecule has 0 bridgehead atoms. The van der Waals surface area contributed by atoms with E-state index in [0.29, 0.717) is 27.8 Å². The van der Waals surface area contributed by atoms with Gasteiger partial charge in [-0.1, -0.05) is 17.3 Å². The molecule has 0 spiro atoms. The quantitative estimate of drug-likeness (QED) is 0.339. The highest BCUT2D eigenvalue weighted by Crippen LogP contribution is 2.32. The van der Waals surface area contributed by atoms with Gasteiger partial charge in [-0.15, -0.1) is 0 Å². The summed E-state index contributed by atoms with van der Waals surface area (Å²) in [7, 11) is 0. The van der Waals surface area contributed by atoms with Crippen LogP contribution in [-0.4, -0.2) is 33.8 Å². The Hall–Kier alpha value is -5.30. The number of fused-ring (bicyclic) bond motifs is 1. The number of anilines is 2. The first-order valence-electron chi connectivity index (χ1n) is 10.6. The van der Waals surface area contributed by atoms with Crippen molar-refractivity contribution in [2.75, 3.05) is 10.6 Å². The largest absolute Gasteiger partial charge is 0.478 e. The number of hydrogen-bond donors (Lipinski definition) is 3. The highest BCUT2D eigenvalue weighted by Gasteiger charge is 2.22. The number of carbonyl (C=O) groups is 4. The molecule has 0 unspecified atom stereocenters. The third kappa shape index (κ3) is 4.67. The zero-order chi connectivity index (χ0) is 26.0. The number of Topliss-reactive ketones (excluding diaryl/α,β-unsaturated/α-hetero) is 1. The second kappa shape index (κ2) is 9.52. The molecule has 0 aliphatic rings. The van der Waals surface area contributed by atoms with Crippen LogP contribution in [0.15, 0.2) is 59.1 Å². The van der Waals surface area contributed by atoms with Gasteiger partial charge in [0.15, 0.2) is 17.1 Å². The molecule has 10 nitrogen and oxygen atoms in total. The average Bonchev–Trinajstić information content (AvgIpc) is 3.26. The van der Waals surface area contributed by atoms with Crippen molar-refractivity contribution < 1.29 is 28.8 Å². The number of hydrogen-bond acceptors (Lipinski definition) is 7. The molecule has 0 radical (unpaired) electrons. The van der Waals surface area contributed by atoms with Crippen LogP contribution in [0.3, 0.4) is 0 Å². The summed E-state index contributed by atoms with van der Waals surface area (Å²) in [5, 5.41) is 27.8. The molecule has 3 N–H and O–H groups in total. The number of nitrogens with one attached hydrogen (secondary N) is 2. The van der Waals surface area contributed by atoms with Gasteiger partial charge < -0.3 is 20.3 Å². The van der Waals surface area contributed by atoms with Gasteiger partial charge in [0.05, 0.1) is 28.3 Å². The van der Waals surface area contributed by atoms with Gasteiger partial charge in [0.1, 0.15) is 0 Å². The van der Waals surface area contributed by atoms with Crippen molar-refractivity contribution in [3.8, 4) is 17.2 Å². The Balaban J connectivity index is 1.76. The first kappa shape index (κ1) is 23.8. The lowest BCUT2D eigenvalue weighted by Crippen LogP contribution is -2.15. The number of aromatic carboxylic acids is 1. The summed E-state index contributed by atoms with van der Waals surface area (Å²) >= 11 is 0. The summed E-state index contributed by atoms with van der Waals surface area (Å²) in [6.07, 6.45) is 0. The number of aromatic nitrogens is 1. The van der Waals surface area contributed by atoms with Crippen molar-refractivity contribution in [1.29, 1.82) is 5.26 Å². The zero-order valence-corrected chi connectivity index (χ0v) is 19.1. The minimum atomic E-state index is -1.32. The first-order valence-corrected chi connectivity index (χ1v) is 10.6. The first-order chi connectivity index (χ1) is 17.2. The van der Waals surface area contributed by atoms with E-state index in [-0.39, 0.29) is 39.8 Å². The number of rotatable bonds is 6. The van der Waals surface area contributed by atoms with Gasteiger partial charge in [-0.3, -0.25) is 14.4 Å². The smallest absolute Gasteiger partial charge is 0.337 e. The lowest BCUT2D eigenvalue weighted by Gasteiger charge is -2.10. The maximum atomic E-state index is 13.0. The highest BCUT2D eigenvalue weighted by atomic mass is 16.5. The van der Waals surface area contributed by atoms with E-state index >= 15 is 0 Å². The van der Waals surface area contributed by atoms with Crippen LogP contribution in [0.1, 0.15) is 50.6 Å². The third-order valence-electron chi connectivity index (χ3n) is 5.35. The number of carboxylic acid groups (broad SMARTS) is 1. The van der Waals surface area contributed by atoms with E-state index in [1.54, 1.807) is 30.3 Å². The normalized spacial score (nSPS) is 10.5. The Morgan fingerprint density at radius 1 is 0.944 bits per heavy atom. The number of benzene rings is 3. The molecular formula is C26H18N4O6. The zero-order valence-electron chi connectivity index (χ0n) is 19.1. The van der Waals surface area contributed by atoms with E-state index < -0.39 is 11.9 Å². The molecule has 0 atom stereocenters. The predicted molar refractivity (Wildman–Crippen MR) is 130 cm³/mol. The molecule has 1 aromatic heterocycles. The standard InChI is InChI=1S/C26H18N4O6/c1-13(31)18-11-23-21(10-19(18)16-4-6-17(7-5-16)28-14(2)32)24(30-36-23)25(33)29-22-8-3-15(12-27)9-20(22)26(34)35/h3-11H,1-2H3,(H,28,32)(H,29,33)(H,34,35). The lowest BCUT2D eigenvalue weighted by molar-refractivity contribution is -0.114. The van der Waals surface area contributed by atoms with Crippen molar-refractivity contribution in [3.63, 3.8) is 0 Å². The summed E-state index contributed by atoms with van der Waals surface area (Å²) in [5.74, 6) is -2.50. The molecule has 0 aliphatic heterocycles. The van der Waals surface area contributed by atoms with Gasteiger partial charge in [-0.25, -0.2) is 4.79 Å². The molecular weight excluding hydrogens is 464 g/mol. The average molecular weight is 482 g/mol. The molecule has 0 saturated carbocycles. The van der Waals surface area contributed by atoms with Crippen molar-refractivity contribution in [2.24, 2.45) is 0 Å². The predicted octanol–water partition coefficient (Wildman–Crippen LogP) is 4.48. The Kier molecular flexibility index (Phi) is 6.30. The van der Waals surface area contributed by atoms with Gasteiger partial charge in [0.2, 0.25) is 5.91 Å². The van der Waals surface area contributed by atoms with Gasteiger partial charge in [-0.2, -0.15) is 5.26 Å². The number of amides is 2. The molecule has 4 rings (SSSR count). The molecule has 3 aromatic carbocycles. The fourth-order valence-electron chi connectivity index (χ4n) is 3.70. The molecule has 2 amide bonds. The molecule has 4 aromatic rings. The number of nitriles is 1. The van der Waals surface area contributed by atoms with Crippen LogP contribution in [0.25, 0.3) is 22.1 Å². The molecule has 0 fully saturated rings. The molecule has 36 heavy (non-hydrogen) atoms. The summed E-state index contributed by atoms with van der Waals surface area (Å²) in [6.45, 7) is 2.80. The fourth-order valence-corrected chi connectivity index (χ4v) is 3.70. The molecule has 1 heterocycles. The van der Waals surface area contributed by atoms with Crippen LogP contribution in [0.2, 0.25) is 0 Å². The minimum Gasteiger partial charge on any atom is -0.478 e. The highest BCUT2D eigenvalue weighted by molar-refractivity contribution is 6.14. The van der Waals surface area contributed by atoms with Crippen LogP contribution in [0.4, 0.5) is 11.4 Å². The van der Waals surface area contributed by atoms with Gasteiger partial charge in [0, 0.05) is 18.2 Å². The maximum absolute atomic E-state index is 13.0. The summed E-state index contributed by atoms with van der Waals surface area (Å²) < 4.78 is 5.30. The monoisotopic (exact) mass is 482 g/mol. The minimum absolute atomic E-state index is 0.0169. The van der Waals surface area contributed by atoms with Crippen LogP contribution in [0.5, 0.6) is 0 Å². The molecule has 0 saturated heterocycles. The molecule has 178 valence electrons. The summed E-state index contributed by atoms with van der Waals surface area (Å²) in [6, 6.07) is 15.6. The van der Waals surface area contributed by atoms with Crippen molar-refractivity contribution in [1.82, 2.24) is 5.16 Å². The Labute approximate surface area is 204 Å². The Morgan fingerprint density at radius 3 is 2.28 bits per heavy atom. The Bertz CT molecular complexity index is 1600. The number of carbonyl (C=O) groups excluding carboxylic acids is 3. The van der Waals surface area contributed by atoms with Crippen LogP contribution >= 0.6 is 0 Å². The fraction of sp³-hybridized carbons (Fsp3) is 0.0769. The SMILES string of the molecule is CC(=O)Nc1ccc(-c2cc3c(C(=O)Nc4ccc(C#N)cc4C(=O)O)noc3cc2C(C)=O)cc1. The van der Waals surface area contributed by atoms with E-state index in [1.807, 2.05) is 6.07 Å². The Morgan fingerprint density at radius 2 is 1.67 bits per heavy atom. The second-order valence-electron chi connectivity index (χ2n) is 7.87. The maximum Gasteiger partial charge on any atom is 0.337 e. The third-order valence-corrected chi connectivity index (χ3v) is 5.35. The summed E-state index contributed by atoms with van der Waals surface area (Å²) in [4.78, 5) is 48.3. The topological polar surface area (TPSA) is 162 Å². The van der Waals surface area contributed by atoms with E-state index in [0.717, 1.165) is 6.07 Å². The van der Waals surface area contributed by atoms with Gasteiger partial charge in [-0.05, 0) is 60.5 Å². The van der Waals surface area contributed by atoms with E-state index in [2.05, 4.69) is 15.8 Å². The molecule has 10 heteroatoms. The number of carboxylic acids is 1. The van der Waals surface area contributed by atoms with Crippen LogP contribution in [-0.2, 0) is 4.79 Å². The lowest BCUT2D eigenvalue weighted by atomic mass is 9.95. The molecule has 0 aliphatic carbocycles. The van der Waals surface area contributed by atoms with Crippen molar-refractivity contribution >= 4 is 45.9 Å². The number of ketones is 1. The van der Waals surface area contributed by atoms with Crippen LogP contribution in [0, 0.1) is 11.3 Å². The summed E-state index contributed by atoms with van der Waals surface area (Å²) in [5.41, 5.74) is 2.04. The van der Waals surface area contributed by atoms with Crippen molar-refractivity contribution in [3.05, 3.63) is 77.0 Å². The van der Waals surface area contributed by atoms with Crippen molar-refractivity contribution in [2.45, 2.75) is 13.8 Å².